The molecule has 1 aromatic heterocycles. The molecule has 1 aromatic rings. The molecule has 0 aromatic carbocycles. The summed E-state index contributed by atoms with van der Waals surface area (Å²) in [6, 6.07) is -0.617. The van der Waals surface area contributed by atoms with Gasteiger partial charge in [-0.2, -0.15) is 0 Å². The van der Waals surface area contributed by atoms with Crippen LogP contribution in [0, 0.1) is 0 Å². The largest absolute Gasteiger partial charge is 0.352 e. The van der Waals surface area contributed by atoms with E-state index >= 15 is 0 Å². The van der Waals surface area contributed by atoms with E-state index < -0.39 is 6.03 Å². The summed E-state index contributed by atoms with van der Waals surface area (Å²) in [6.45, 7) is 0.566. The van der Waals surface area contributed by atoms with E-state index in [0.717, 1.165) is 18.7 Å². The lowest BCUT2D eigenvalue weighted by atomic mass is 10.4. The van der Waals surface area contributed by atoms with E-state index in [4.69, 9.17) is 5.73 Å². The van der Waals surface area contributed by atoms with Gasteiger partial charge in [-0.1, -0.05) is 0 Å². The topological polar surface area (TPSA) is 126 Å². The van der Waals surface area contributed by atoms with Crippen LogP contribution in [0.2, 0.25) is 0 Å². The summed E-state index contributed by atoms with van der Waals surface area (Å²) in [6.07, 6.45) is 2.19. The smallest absolute Gasteiger partial charge is 0.312 e. The zero-order valence-corrected chi connectivity index (χ0v) is 9.19. The predicted molar refractivity (Wildman–Crippen MR) is 58.3 cm³/mol. The number of amides is 3. The van der Waals surface area contributed by atoms with E-state index in [9.17, 15) is 9.59 Å². The molecule has 2 rings (SSSR count). The molecular formula is C9H14N6O2. The lowest BCUT2D eigenvalue weighted by Gasteiger charge is -2.02. The maximum atomic E-state index is 11.5. The van der Waals surface area contributed by atoms with Crippen molar-refractivity contribution >= 4 is 11.9 Å². The number of nitrogens with two attached hydrogens (primary N) is 1. The van der Waals surface area contributed by atoms with Gasteiger partial charge in [0, 0.05) is 19.0 Å². The number of primary amides is 1. The van der Waals surface area contributed by atoms with Gasteiger partial charge in [0.15, 0.2) is 0 Å². The summed E-state index contributed by atoms with van der Waals surface area (Å²) in [5.74, 6) is 0.969. The van der Waals surface area contributed by atoms with Gasteiger partial charge in [0.1, 0.15) is 5.82 Å². The second-order valence-corrected chi connectivity index (χ2v) is 3.87. The number of hydrogen-bond donors (Lipinski definition) is 4. The molecule has 0 aliphatic heterocycles. The Labute approximate surface area is 97.4 Å². The molecule has 0 saturated heterocycles. The molecule has 1 saturated carbocycles. The summed E-state index contributed by atoms with van der Waals surface area (Å²) in [7, 11) is 0. The third kappa shape index (κ3) is 3.16. The standard InChI is InChI=1S/C9H14N6O2/c10-9(17)12-4-3-11-8(16)7-13-6(14-15-7)5-1-2-5/h5H,1-4H2,(H,11,16)(H3,10,12,17)(H,13,14,15). The minimum atomic E-state index is -0.617. The van der Waals surface area contributed by atoms with Crippen molar-refractivity contribution in [3.8, 4) is 0 Å². The molecule has 0 atom stereocenters. The Balaban J connectivity index is 1.76. The van der Waals surface area contributed by atoms with Gasteiger partial charge in [-0.05, 0) is 12.8 Å². The van der Waals surface area contributed by atoms with E-state index in [1.54, 1.807) is 0 Å². The van der Waals surface area contributed by atoms with Crippen LogP contribution in [0.3, 0.4) is 0 Å². The summed E-state index contributed by atoms with van der Waals surface area (Å²) < 4.78 is 0. The second-order valence-electron chi connectivity index (χ2n) is 3.87. The number of aromatic amines is 1. The lowest BCUT2D eigenvalue weighted by Crippen LogP contribution is -2.37. The Morgan fingerprint density at radius 3 is 2.71 bits per heavy atom. The van der Waals surface area contributed by atoms with E-state index in [1.165, 1.54) is 0 Å². The number of carbonyl (C=O) groups is 2. The molecule has 1 aliphatic rings. The quantitative estimate of drug-likeness (QED) is 0.495. The van der Waals surface area contributed by atoms with Crippen molar-refractivity contribution in [1.29, 1.82) is 0 Å². The van der Waals surface area contributed by atoms with Gasteiger partial charge in [0.05, 0.1) is 0 Å². The number of aromatic nitrogens is 3. The van der Waals surface area contributed by atoms with Crippen molar-refractivity contribution in [1.82, 2.24) is 25.8 Å². The van der Waals surface area contributed by atoms with Gasteiger partial charge >= 0.3 is 6.03 Å². The highest BCUT2D eigenvalue weighted by Gasteiger charge is 2.28. The van der Waals surface area contributed by atoms with Gasteiger partial charge in [0.2, 0.25) is 5.82 Å². The molecular weight excluding hydrogens is 224 g/mol. The van der Waals surface area contributed by atoms with Gasteiger partial charge in [0.25, 0.3) is 5.91 Å². The number of rotatable bonds is 5. The monoisotopic (exact) mass is 238 g/mol. The normalized spacial score (nSPS) is 14.4. The molecule has 1 fully saturated rings. The molecule has 17 heavy (non-hydrogen) atoms. The zero-order valence-electron chi connectivity index (χ0n) is 9.19. The van der Waals surface area contributed by atoms with Crippen LogP contribution in [0.1, 0.15) is 35.2 Å². The van der Waals surface area contributed by atoms with Crippen molar-refractivity contribution in [3.05, 3.63) is 11.6 Å². The fourth-order valence-corrected chi connectivity index (χ4v) is 1.36. The Kier molecular flexibility index (Phi) is 3.22. The van der Waals surface area contributed by atoms with Crippen LogP contribution in [-0.4, -0.2) is 40.2 Å². The first-order chi connectivity index (χ1) is 8.16. The highest BCUT2D eigenvalue weighted by Crippen LogP contribution is 2.37. The maximum absolute atomic E-state index is 11.5. The fourth-order valence-electron chi connectivity index (χ4n) is 1.36. The van der Waals surface area contributed by atoms with Crippen molar-refractivity contribution in [3.63, 3.8) is 0 Å². The van der Waals surface area contributed by atoms with Crippen molar-refractivity contribution in [2.45, 2.75) is 18.8 Å². The fraction of sp³-hybridized carbons (Fsp3) is 0.556. The van der Waals surface area contributed by atoms with Crippen molar-refractivity contribution in [2.24, 2.45) is 5.73 Å². The first-order valence-corrected chi connectivity index (χ1v) is 5.40. The molecule has 1 aliphatic carbocycles. The number of hydrogen-bond acceptors (Lipinski definition) is 4. The highest BCUT2D eigenvalue weighted by molar-refractivity contribution is 5.90. The van der Waals surface area contributed by atoms with Crippen LogP contribution in [0.4, 0.5) is 4.79 Å². The van der Waals surface area contributed by atoms with Crippen LogP contribution in [0.15, 0.2) is 0 Å². The van der Waals surface area contributed by atoms with Gasteiger partial charge < -0.3 is 16.4 Å². The lowest BCUT2D eigenvalue weighted by molar-refractivity contribution is 0.0944. The molecule has 1 heterocycles. The van der Waals surface area contributed by atoms with Crippen LogP contribution in [0.5, 0.6) is 0 Å². The molecule has 8 heteroatoms. The minimum absolute atomic E-state index is 0.131. The minimum Gasteiger partial charge on any atom is -0.352 e. The first-order valence-electron chi connectivity index (χ1n) is 5.40. The molecule has 0 unspecified atom stereocenters. The molecule has 8 nitrogen and oxygen atoms in total. The average Bonchev–Trinajstić information content (AvgIpc) is 3.02. The number of carbonyl (C=O) groups excluding carboxylic acids is 2. The van der Waals surface area contributed by atoms with Crippen molar-refractivity contribution < 1.29 is 9.59 Å². The van der Waals surface area contributed by atoms with Crippen LogP contribution < -0.4 is 16.4 Å². The third-order valence-corrected chi connectivity index (χ3v) is 2.38. The van der Waals surface area contributed by atoms with Crippen LogP contribution in [0.25, 0.3) is 0 Å². The molecule has 5 N–H and O–H groups in total. The van der Waals surface area contributed by atoms with Crippen LogP contribution in [-0.2, 0) is 0 Å². The summed E-state index contributed by atoms with van der Waals surface area (Å²) in [5.41, 5.74) is 4.87. The Morgan fingerprint density at radius 1 is 1.35 bits per heavy atom. The van der Waals surface area contributed by atoms with Gasteiger partial charge in [-0.25, -0.2) is 9.78 Å². The maximum Gasteiger partial charge on any atom is 0.312 e. The molecule has 0 spiro atoms. The average molecular weight is 238 g/mol. The number of H-pyrrole nitrogens is 1. The van der Waals surface area contributed by atoms with Gasteiger partial charge in [-0.3, -0.25) is 9.89 Å². The summed E-state index contributed by atoms with van der Waals surface area (Å²) in [4.78, 5) is 26.0. The molecule has 92 valence electrons. The predicted octanol–water partition coefficient (Wildman–Crippen LogP) is -0.920. The highest BCUT2D eigenvalue weighted by atomic mass is 16.2. The molecule has 0 radical (unpaired) electrons. The van der Waals surface area contributed by atoms with Crippen molar-refractivity contribution in [2.75, 3.05) is 13.1 Å². The van der Waals surface area contributed by atoms with E-state index in [-0.39, 0.29) is 24.8 Å². The first kappa shape index (κ1) is 11.4. The second kappa shape index (κ2) is 4.81. The van der Waals surface area contributed by atoms with E-state index in [0.29, 0.717) is 5.92 Å². The summed E-state index contributed by atoms with van der Waals surface area (Å²) in [5, 5.41) is 11.5. The molecule has 0 bridgehead atoms. The Bertz CT molecular complexity index is 425. The Morgan fingerprint density at radius 2 is 2.06 bits per heavy atom. The Hall–Kier alpha value is -2.12. The van der Waals surface area contributed by atoms with E-state index in [1.807, 2.05) is 0 Å². The molecule has 3 amide bonds. The van der Waals surface area contributed by atoms with E-state index in [2.05, 4.69) is 25.8 Å². The third-order valence-electron chi connectivity index (χ3n) is 2.38. The van der Waals surface area contributed by atoms with Gasteiger partial charge in [-0.15, -0.1) is 5.10 Å². The van der Waals surface area contributed by atoms with Crippen LogP contribution >= 0.6 is 0 Å². The zero-order chi connectivity index (χ0) is 12.3. The number of nitrogens with zero attached hydrogens (tertiary/aromatic N) is 2. The number of nitrogens with one attached hydrogen (secondary N) is 3. The SMILES string of the molecule is NC(=O)NCCNC(=O)c1n[nH]c(C2CC2)n1. The number of urea groups is 1. The summed E-state index contributed by atoms with van der Waals surface area (Å²) >= 11 is 0.